The van der Waals surface area contributed by atoms with Crippen molar-refractivity contribution in [2.45, 2.75) is 76.3 Å². The first-order valence-electron chi connectivity index (χ1n) is 14.7. The molecule has 2 amide bonds. The van der Waals surface area contributed by atoms with Crippen LogP contribution in [-0.4, -0.2) is 60.9 Å². The van der Waals surface area contributed by atoms with Gasteiger partial charge in [-0.3, -0.25) is 4.90 Å². The summed E-state index contributed by atoms with van der Waals surface area (Å²) >= 11 is 7.40. The fourth-order valence-corrected chi connectivity index (χ4v) is 6.93. The quantitative estimate of drug-likeness (QED) is 0.221. The van der Waals surface area contributed by atoms with Crippen molar-refractivity contribution in [2.75, 3.05) is 17.5 Å². The third-order valence-electron chi connectivity index (χ3n) is 6.73. The molecule has 0 bridgehead atoms. The van der Waals surface area contributed by atoms with Crippen molar-refractivity contribution in [3.05, 3.63) is 75.3 Å². The summed E-state index contributed by atoms with van der Waals surface area (Å²) < 4.78 is 99.7. The van der Waals surface area contributed by atoms with Gasteiger partial charge >= 0.3 is 18.4 Å². The lowest BCUT2D eigenvalue weighted by Crippen LogP contribution is -2.48. The summed E-state index contributed by atoms with van der Waals surface area (Å²) in [5.41, 5.74) is -0.744. The van der Waals surface area contributed by atoms with Crippen molar-refractivity contribution < 1.29 is 49.8 Å². The molecule has 1 unspecified atom stereocenters. The van der Waals surface area contributed by atoms with Gasteiger partial charge in [0.05, 0.1) is 22.1 Å². The second kappa shape index (κ2) is 14.2. The highest BCUT2D eigenvalue weighted by atomic mass is 35.5. The molecule has 1 aliphatic heterocycles. The lowest BCUT2D eigenvalue weighted by Gasteiger charge is -2.37. The zero-order valence-electron chi connectivity index (χ0n) is 27.3. The number of thiazole rings is 1. The van der Waals surface area contributed by atoms with Gasteiger partial charge in [0.2, 0.25) is 0 Å². The molecule has 0 fully saturated rings. The molecule has 0 aliphatic carbocycles. The van der Waals surface area contributed by atoms with Crippen molar-refractivity contribution in [3.8, 4) is 5.75 Å². The van der Waals surface area contributed by atoms with Crippen LogP contribution < -0.4 is 9.04 Å². The maximum atomic E-state index is 15.7. The molecular weight excluding hydrogens is 714 g/mol. The van der Waals surface area contributed by atoms with Crippen molar-refractivity contribution in [1.29, 1.82) is 0 Å². The predicted octanol–water partition coefficient (Wildman–Crippen LogP) is 8.56. The molecule has 49 heavy (non-hydrogen) atoms. The van der Waals surface area contributed by atoms with E-state index in [-0.39, 0.29) is 34.0 Å². The highest BCUT2D eigenvalue weighted by molar-refractivity contribution is 7.93. The molecule has 0 N–H and O–H groups in total. The van der Waals surface area contributed by atoms with E-state index >= 15 is 4.39 Å². The molecule has 1 atom stereocenters. The molecule has 17 heteroatoms. The Balaban J connectivity index is 1.68. The summed E-state index contributed by atoms with van der Waals surface area (Å²) in [5, 5.41) is 0.906. The number of alkyl halides is 3. The second-order valence-corrected chi connectivity index (χ2v) is 15.7. The van der Waals surface area contributed by atoms with E-state index in [0.29, 0.717) is 23.6 Å². The standard InChI is InChI=1S/C32H34ClF4N3O7S2/c1-30(2,3)46-28(41)39-13-7-8-21(19-9-11-20(12-10-19)32(35,36)37)24(39)16-45-25-15-23(34)26(14-22(25)33)49(43,44)40(27-17-48-18-38-27)29(42)47-31(4,5)6/h8-12,14-15,17-18,24H,7,13,16H2,1-6H3. The van der Waals surface area contributed by atoms with Gasteiger partial charge < -0.3 is 14.2 Å². The van der Waals surface area contributed by atoms with Crippen LogP contribution in [0.2, 0.25) is 5.02 Å². The fraction of sp³-hybridized carbons (Fsp3) is 0.406. The molecule has 1 aromatic heterocycles. The van der Waals surface area contributed by atoms with Gasteiger partial charge in [0.25, 0.3) is 10.0 Å². The van der Waals surface area contributed by atoms with E-state index < -0.39 is 61.9 Å². The Hall–Kier alpha value is -3.89. The van der Waals surface area contributed by atoms with Gasteiger partial charge in [0, 0.05) is 18.0 Å². The molecule has 10 nitrogen and oxygen atoms in total. The topological polar surface area (TPSA) is 115 Å². The number of hydrogen-bond acceptors (Lipinski definition) is 9. The zero-order valence-corrected chi connectivity index (χ0v) is 29.7. The molecule has 0 saturated carbocycles. The van der Waals surface area contributed by atoms with Crippen LogP contribution in [0, 0.1) is 5.82 Å². The van der Waals surface area contributed by atoms with E-state index in [1.165, 1.54) is 48.7 Å². The van der Waals surface area contributed by atoms with Crippen molar-refractivity contribution >= 4 is 56.5 Å². The Morgan fingerprint density at radius 1 is 1.04 bits per heavy atom. The normalized spacial score (nSPS) is 15.8. The third-order valence-corrected chi connectivity index (χ3v) is 9.29. The molecule has 0 radical (unpaired) electrons. The minimum absolute atomic E-state index is 0.170. The third kappa shape index (κ3) is 9.22. The Morgan fingerprint density at radius 2 is 1.67 bits per heavy atom. The van der Waals surface area contributed by atoms with Crippen molar-refractivity contribution in [2.24, 2.45) is 0 Å². The summed E-state index contributed by atoms with van der Waals surface area (Å²) in [6, 6.07) is 4.92. The minimum Gasteiger partial charge on any atom is -0.489 e. The van der Waals surface area contributed by atoms with Crippen LogP contribution in [0.4, 0.5) is 33.0 Å². The summed E-state index contributed by atoms with van der Waals surface area (Å²) in [7, 11) is -4.97. The maximum Gasteiger partial charge on any atom is 0.430 e. The van der Waals surface area contributed by atoms with Gasteiger partial charge in [-0.25, -0.2) is 27.4 Å². The Kier molecular flexibility index (Phi) is 11.0. The van der Waals surface area contributed by atoms with Crippen LogP contribution in [0.5, 0.6) is 5.75 Å². The number of sulfonamides is 1. The number of carbonyl (C=O) groups excluding carboxylic acids is 2. The van der Waals surface area contributed by atoms with Crippen LogP contribution in [-0.2, 0) is 25.7 Å². The molecule has 2 aromatic carbocycles. The fourth-order valence-electron chi connectivity index (χ4n) is 4.71. The highest BCUT2D eigenvalue weighted by Crippen LogP contribution is 2.36. The molecule has 3 aromatic rings. The molecule has 1 aliphatic rings. The van der Waals surface area contributed by atoms with Crippen molar-refractivity contribution in [1.82, 2.24) is 9.88 Å². The number of rotatable bonds is 7. The maximum absolute atomic E-state index is 15.7. The van der Waals surface area contributed by atoms with E-state index in [0.717, 1.165) is 29.5 Å². The monoisotopic (exact) mass is 747 g/mol. The lowest BCUT2D eigenvalue weighted by atomic mass is 9.93. The SMILES string of the molecule is CC(C)(C)OC(=O)N1CCC=C(c2ccc(C(F)(F)F)cc2)C1COc1cc(F)c(S(=O)(=O)N(C(=O)OC(C)(C)C)c2cscn2)cc1Cl. The predicted molar refractivity (Wildman–Crippen MR) is 176 cm³/mol. The highest BCUT2D eigenvalue weighted by Gasteiger charge is 2.39. The van der Waals surface area contributed by atoms with E-state index in [1.54, 1.807) is 26.8 Å². The number of nitrogens with zero attached hydrogens (tertiary/aromatic N) is 3. The summed E-state index contributed by atoms with van der Waals surface area (Å²) in [6.45, 7) is 9.37. The van der Waals surface area contributed by atoms with E-state index in [9.17, 15) is 31.2 Å². The summed E-state index contributed by atoms with van der Waals surface area (Å²) in [4.78, 5) is 30.5. The van der Waals surface area contributed by atoms with Gasteiger partial charge in [-0.2, -0.15) is 13.2 Å². The average molecular weight is 748 g/mol. The number of halogens is 5. The second-order valence-electron chi connectivity index (χ2n) is 12.8. The summed E-state index contributed by atoms with van der Waals surface area (Å²) in [6.07, 6.45) is -4.51. The number of aromatic nitrogens is 1. The smallest absolute Gasteiger partial charge is 0.430 e. The van der Waals surface area contributed by atoms with Gasteiger partial charge in [-0.05, 0) is 77.3 Å². The van der Waals surface area contributed by atoms with Gasteiger partial charge in [0.15, 0.2) is 5.82 Å². The first kappa shape index (κ1) is 37.9. The zero-order chi connectivity index (χ0) is 36.5. The van der Waals surface area contributed by atoms with Crippen LogP contribution in [0.15, 0.2) is 58.3 Å². The minimum atomic E-state index is -4.97. The number of ether oxygens (including phenoxy) is 3. The first-order valence-corrected chi connectivity index (χ1v) is 17.5. The lowest BCUT2D eigenvalue weighted by molar-refractivity contribution is -0.137. The Bertz CT molecular complexity index is 1820. The van der Waals surface area contributed by atoms with Crippen LogP contribution in [0.25, 0.3) is 5.57 Å². The van der Waals surface area contributed by atoms with E-state index in [2.05, 4.69) is 4.98 Å². The number of benzene rings is 2. The van der Waals surface area contributed by atoms with Crippen LogP contribution in [0.1, 0.15) is 59.1 Å². The van der Waals surface area contributed by atoms with Gasteiger partial charge in [-0.15, -0.1) is 15.6 Å². The Labute approximate surface area is 290 Å². The molecule has 4 rings (SSSR count). The van der Waals surface area contributed by atoms with Gasteiger partial charge in [-0.1, -0.05) is 29.8 Å². The largest absolute Gasteiger partial charge is 0.489 e. The molecule has 2 heterocycles. The number of hydrogen-bond donors (Lipinski definition) is 0. The van der Waals surface area contributed by atoms with Crippen molar-refractivity contribution in [3.63, 3.8) is 0 Å². The average Bonchev–Trinajstić information content (AvgIpc) is 3.49. The number of amides is 2. The number of anilines is 1. The Morgan fingerprint density at radius 3 is 2.22 bits per heavy atom. The van der Waals surface area contributed by atoms with E-state index in [1.807, 2.05) is 0 Å². The van der Waals surface area contributed by atoms with Gasteiger partial charge in [0.1, 0.15) is 34.3 Å². The molecule has 266 valence electrons. The molecular formula is C32H34ClF4N3O7S2. The molecule has 0 saturated heterocycles. The van der Waals surface area contributed by atoms with Crippen LogP contribution in [0.3, 0.4) is 0 Å². The van der Waals surface area contributed by atoms with E-state index in [4.69, 9.17) is 25.8 Å². The summed E-state index contributed by atoms with van der Waals surface area (Å²) in [5.74, 6) is -1.95. The first-order chi connectivity index (χ1) is 22.6. The van der Waals surface area contributed by atoms with Crippen LogP contribution >= 0.6 is 22.9 Å². The number of carbonyl (C=O) groups is 2. The molecule has 0 spiro atoms.